The van der Waals surface area contributed by atoms with Crippen LogP contribution in [0.25, 0.3) is 0 Å². The quantitative estimate of drug-likeness (QED) is 0.846. The highest BCUT2D eigenvalue weighted by molar-refractivity contribution is 7.89. The molecule has 1 rings (SSSR count). The van der Waals surface area contributed by atoms with Crippen LogP contribution in [-0.2, 0) is 10.0 Å². The number of unbranched alkanes of at least 4 members (excludes halogenated alkanes) is 1. The Balaban J connectivity index is 2.82. The Morgan fingerprint density at radius 2 is 2.13 bits per heavy atom. The van der Waals surface area contributed by atoms with E-state index in [9.17, 15) is 8.42 Å². The van der Waals surface area contributed by atoms with Crippen molar-refractivity contribution in [2.75, 3.05) is 6.54 Å². The van der Waals surface area contributed by atoms with Gasteiger partial charge in [0.1, 0.15) is 9.23 Å². The van der Waals surface area contributed by atoms with Crippen LogP contribution in [0, 0.1) is 0 Å². The first-order valence-corrected chi connectivity index (χ1v) is 7.47. The van der Waals surface area contributed by atoms with Gasteiger partial charge < -0.3 is 0 Å². The summed E-state index contributed by atoms with van der Waals surface area (Å²) in [6.07, 6.45) is 1.73. The van der Waals surface area contributed by atoms with Crippen LogP contribution in [0.15, 0.2) is 11.0 Å². The van der Waals surface area contributed by atoms with Crippen molar-refractivity contribution in [1.29, 1.82) is 0 Å². The standard InChI is InChI=1S/C8H11Cl2NO2S2/c1-2-3-4-11-15(12,13)6-5-7(9)14-8(6)10/h5,11H,2-4H2,1H3. The minimum absolute atomic E-state index is 0.0651. The second kappa shape index (κ2) is 5.50. The van der Waals surface area contributed by atoms with Crippen molar-refractivity contribution in [3.8, 4) is 0 Å². The van der Waals surface area contributed by atoms with Crippen LogP contribution in [0.1, 0.15) is 19.8 Å². The molecule has 1 N–H and O–H groups in total. The smallest absolute Gasteiger partial charge is 0.211 e. The Morgan fingerprint density at radius 1 is 1.47 bits per heavy atom. The number of sulfonamides is 1. The molecule has 1 aromatic heterocycles. The largest absolute Gasteiger partial charge is 0.242 e. The SMILES string of the molecule is CCCCNS(=O)(=O)c1cc(Cl)sc1Cl. The van der Waals surface area contributed by atoms with Gasteiger partial charge in [0.25, 0.3) is 0 Å². The van der Waals surface area contributed by atoms with Gasteiger partial charge in [-0.3, -0.25) is 0 Å². The summed E-state index contributed by atoms with van der Waals surface area (Å²) in [7, 11) is -3.50. The second-order valence-corrected chi connectivity index (χ2v) is 6.96. The van der Waals surface area contributed by atoms with E-state index >= 15 is 0 Å². The lowest BCUT2D eigenvalue weighted by Crippen LogP contribution is -2.24. The van der Waals surface area contributed by atoms with Crippen LogP contribution < -0.4 is 4.72 Å². The minimum Gasteiger partial charge on any atom is -0.211 e. The Kier molecular flexibility index (Phi) is 4.86. The number of halogens is 2. The van der Waals surface area contributed by atoms with E-state index in [0.717, 1.165) is 24.2 Å². The Morgan fingerprint density at radius 3 is 2.60 bits per heavy atom. The molecule has 3 nitrogen and oxygen atoms in total. The Hall–Kier alpha value is 0.190. The average Bonchev–Trinajstić information content (AvgIpc) is 2.46. The number of hydrogen-bond acceptors (Lipinski definition) is 3. The average molecular weight is 288 g/mol. The molecule has 0 fully saturated rings. The van der Waals surface area contributed by atoms with Gasteiger partial charge in [0.2, 0.25) is 10.0 Å². The maximum Gasteiger partial charge on any atom is 0.242 e. The zero-order valence-electron chi connectivity index (χ0n) is 8.09. The van der Waals surface area contributed by atoms with Gasteiger partial charge in [-0.25, -0.2) is 13.1 Å². The lowest BCUT2D eigenvalue weighted by atomic mass is 10.3. The third-order valence-electron chi connectivity index (χ3n) is 1.74. The summed E-state index contributed by atoms with van der Waals surface area (Å²) in [6.45, 7) is 2.41. The summed E-state index contributed by atoms with van der Waals surface area (Å²) >= 11 is 12.5. The fraction of sp³-hybridized carbons (Fsp3) is 0.500. The number of nitrogens with one attached hydrogen (secondary N) is 1. The van der Waals surface area contributed by atoms with Gasteiger partial charge >= 0.3 is 0 Å². The first-order valence-electron chi connectivity index (χ1n) is 4.42. The molecule has 0 unspecified atom stereocenters. The molecule has 0 aliphatic rings. The topological polar surface area (TPSA) is 46.2 Å². The zero-order valence-corrected chi connectivity index (χ0v) is 11.2. The molecule has 0 aliphatic carbocycles. The lowest BCUT2D eigenvalue weighted by molar-refractivity contribution is 0.579. The predicted molar refractivity (Wildman–Crippen MR) is 64.4 cm³/mol. The summed E-state index contributed by atoms with van der Waals surface area (Å²) in [4.78, 5) is 0.0651. The molecule has 86 valence electrons. The lowest BCUT2D eigenvalue weighted by Gasteiger charge is -2.03. The first-order chi connectivity index (χ1) is 6.97. The van der Waals surface area contributed by atoms with Crippen molar-refractivity contribution in [3.63, 3.8) is 0 Å². The van der Waals surface area contributed by atoms with Gasteiger partial charge in [-0.1, -0.05) is 36.5 Å². The normalized spacial score (nSPS) is 11.9. The van der Waals surface area contributed by atoms with Gasteiger partial charge in [-0.15, -0.1) is 11.3 Å². The number of thiophene rings is 1. The summed E-state index contributed by atoms with van der Waals surface area (Å²) in [5.41, 5.74) is 0. The van der Waals surface area contributed by atoms with Gasteiger partial charge in [-0.2, -0.15) is 0 Å². The van der Waals surface area contributed by atoms with E-state index < -0.39 is 10.0 Å². The highest BCUT2D eigenvalue weighted by Gasteiger charge is 2.19. The molecular weight excluding hydrogens is 277 g/mol. The monoisotopic (exact) mass is 287 g/mol. The van der Waals surface area contributed by atoms with E-state index in [4.69, 9.17) is 23.2 Å². The minimum atomic E-state index is -3.50. The van der Waals surface area contributed by atoms with Crippen molar-refractivity contribution in [1.82, 2.24) is 4.72 Å². The van der Waals surface area contributed by atoms with E-state index in [1.165, 1.54) is 6.07 Å². The molecule has 7 heteroatoms. The van der Waals surface area contributed by atoms with Gasteiger partial charge in [-0.05, 0) is 12.5 Å². The highest BCUT2D eigenvalue weighted by Crippen LogP contribution is 2.33. The van der Waals surface area contributed by atoms with Gasteiger partial charge in [0.15, 0.2) is 0 Å². The van der Waals surface area contributed by atoms with Crippen LogP contribution in [0.5, 0.6) is 0 Å². The molecule has 0 atom stereocenters. The maximum atomic E-state index is 11.7. The summed E-state index contributed by atoms with van der Waals surface area (Å²) in [6, 6.07) is 1.36. The van der Waals surface area contributed by atoms with Crippen LogP contribution in [-0.4, -0.2) is 15.0 Å². The summed E-state index contributed by atoms with van der Waals surface area (Å²) < 4.78 is 26.4. The zero-order chi connectivity index (χ0) is 11.5. The third-order valence-corrected chi connectivity index (χ3v) is 4.95. The van der Waals surface area contributed by atoms with Gasteiger partial charge in [0, 0.05) is 6.54 Å². The van der Waals surface area contributed by atoms with Crippen LogP contribution >= 0.6 is 34.5 Å². The van der Waals surface area contributed by atoms with Crippen LogP contribution in [0.2, 0.25) is 8.67 Å². The van der Waals surface area contributed by atoms with E-state index in [2.05, 4.69) is 4.72 Å². The van der Waals surface area contributed by atoms with Crippen molar-refractivity contribution < 1.29 is 8.42 Å². The molecule has 1 heterocycles. The highest BCUT2D eigenvalue weighted by atomic mass is 35.5. The predicted octanol–water partition coefficient (Wildman–Crippen LogP) is 3.13. The van der Waals surface area contributed by atoms with Crippen LogP contribution in [0.4, 0.5) is 0 Å². The van der Waals surface area contributed by atoms with E-state index in [1.807, 2.05) is 6.92 Å². The molecule has 0 aliphatic heterocycles. The molecule has 15 heavy (non-hydrogen) atoms. The molecular formula is C8H11Cl2NO2S2. The first kappa shape index (κ1) is 13.3. The van der Waals surface area contributed by atoms with E-state index in [1.54, 1.807) is 0 Å². The molecule has 0 amide bonds. The fourth-order valence-electron chi connectivity index (χ4n) is 0.969. The van der Waals surface area contributed by atoms with E-state index in [-0.39, 0.29) is 9.23 Å². The molecule has 0 radical (unpaired) electrons. The molecule has 0 aromatic carbocycles. The second-order valence-electron chi connectivity index (χ2n) is 2.94. The van der Waals surface area contributed by atoms with Gasteiger partial charge in [0.05, 0.1) is 4.34 Å². The Labute approximate surface area is 103 Å². The van der Waals surface area contributed by atoms with Crippen LogP contribution in [0.3, 0.4) is 0 Å². The number of rotatable bonds is 5. The fourth-order valence-corrected chi connectivity index (χ4v) is 4.19. The third kappa shape index (κ3) is 3.60. The molecule has 0 saturated heterocycles. The molecule has 1 aromatic rings. The number of hydrogen-bond donors (Lipinski definition) is 1. The Bertz CT molecular complexity index is 428. The summed E-state index contributed by atoms with van der Waals surface area (Å²) in [5.74, 6) is 0. The van der Waals surface area contributed by atoms with E-state index in [0.29, 0.717) is 10.9 Å². The molecule has 0 spiro atoms. The van der Waals surface area contributed by atoms with Crippen molar-refractivity contribution in [2.24, 2.45) is 0 Å². The van der Waals surface area contributed by atoms with Crippen molar-refractivity contribution in [2.45, 2.75) is 24.7 Å². The summed E-state index contributed by atoms with van der Waals surface area (Å²) in [5, 5.41) is 0. The van der Waals surface area contributed by atoms with Crippen molar-refractivity contribution >= 4 is 44.6 Å². The molecule has 0 bridgehead atoms. The maximum absolute atomic E-state index is 11.7. The molecule has 0 saturated carbocycles. The van der Waals surface area contributed by atoms with Crippen molar-refractivity contribution in [3.05, 3.63) is 14.7 Å².